The number of para-hydroxylation sites is 1. The molecule has 0 saturated carbocycles. The van der Waals surface area contributed by atoms with Crippen molar-refractivity contribution < 1.29 is 18.3 Å². The minimum atomic E-state index is -0.563. The molecule has 7 heteroatoms. The van der Waals surface area contributed by atoms with Crippen LogP contribution in [0.3, 0.4) is 0 Å². The van der Waals surface area contributed by atoms with Crippen LogP contribution in [-0.4, -0.2) is 15.5 Å². The number of furan rings is 1. The van der Waals surface area contributed by atoms with Crippen LogP contribution in [0.2, 0.25) is 0 Å². The average Bonchev–Trinajstić information content (AvgIpc) is 3.41. The second-order valence-corrected chi connectivity index (χ2v) is 6.72. The van der Waals surface area contributed by atoms with E-state index in [1.807, 2.05) is 37.4 Å². The first-order valence-electron chi connectivity index (χ1n) is 9.40. The van der Waals surface area contributed by atoms with Crippen LogP contribution < -0.4 is 10.1 Å². The zero-order valence-electron chi connectivity index (χ0n) is 16.3. The SMILES string of the molecule is Cn1ccnc1[C@@H](NC(=O)c1ccc(COc2ccccc2)o1)c1ccc(F)cc1. The van der Waals surface area contributed by atoms with Gasteiger partial charge in [0.25, 0.3) is 5.91 Å². The number of carbonyl (C=O) groups excluding carboxylic acids is 1. The van der Waals surface area contributed by atoms with Crippen molar-refractivity contribution >= 4 is 5.91 Å². The lowest BCUT2D eigenvalue weighted by atomic mass is 10.1. The van der Waals surface area contributed by atoms with E-state index < -0.39 is 11.9 Å². The topological polar surface area (TPSA) is 69.3 Å². The van der Waals surface area contributed by atoms with Gasteiger partial charge in [-0.05, 0) is 42.0 Å². The third-order valence-corrected chi connectivity index (χ3v) is 4.61. The molecule has 30 heavy (non-hydrogen) atoms. The summed E-state index contributed by atoms with van der Waals surface area (Å²) in [5.41, 5.74) is 0.707. The molecule has 2 aromatic heterocycles. The number of nitrogens with one attached hydrogen (secondary N) is 1. The Hall–Kier alpha value is -3.87. The van der Waals surface area contributed by atoms with Crippen molar-refractivity contribution in [1.82, 2.24) is 14.9 Å². The Morgan fingerprint density at radius 1 is 1.13 bits per heavy atom. The number of ether oxygens (including phenoxy) is 1. The third kappa shape index (κ3) is 4.41. The van der Waals surface area contributed by atoms with Crippen LogP contribution in [0.1, 0.15) is 33.7 Å². The molecule has 1 atom stereocenters. The molecule has 0 radical (unpaired) electrons. The number of carbonyl (C=O) groups is 1. The zero-order chi connectivity index (χ0) is 20.9. The summed E-state index contributed by atoms with van der Waals surface area (Å²) in [6.45, 7) is 0.206. The van der Waals surface area contributed by atoms with E-state index in [2.05, 4.69) is 10.3 Å². The number of hydrogen-bond donors (Lipinski definition) is 1. The number of aryl methyl sites for hydroxylation is 1. The molecule has 0 aliphatic rings. The highest BCUT2D eigenvalue weighted by molar-refractivity contribution is 5.92. The van der Waals surface area contributed by atoms with Crippen LogP contribution >= 0.6 is 0 Å². The fraction of sp³-hybridized carbons (Fsp3) is 0.130. The van der Waals surface area contributed by atoms with E-state index in [1.165, 1.54) is 12.1 Å². The van der Waals surface area contributed by atoms with Gasteiger partial charge in [-0.25, -0.2) is 9.37 Å². The number of rotatable bonds is 7. The molecule has 4 rings (SSSR count). The van der Waals surface area contributed by atoms with Gasteiger partial charge in [0.05, 0.1) is 0 Å². The summed E-state index contributed by atoms with van der Waals surface area (Å²) in [5.74, 6) is 1.26. The smallest absolute Gasteiger partial charge is 0.287 e. The maximum Gasteiger partial charge on any atom is 0.287 e. The van der Waals surface area contributed by atoms with E-state index in [0.717, 1.165) is 0 Å². The summed E-state index contributed by atoms with van der Waals surface area (Å²) < 4.78 is 26.5. The summed E-state index contributed by atoms with van der Waals surface area (Å²) in [5, 5.41) is 2.92. The second kappa shape index (κ2) is 8.65. The van der Waals surface area contributed by atoms with Crippen LogP contribution in [0.4, 0.5) is 4.39 Å². The van der Waals surface area contributed by atoms with Crippen molar-refractivity contribution in [2.75, 3.05) is 0 Å². The van der Waals surface area contributed by atoms with E-state index in [-0.39, 0.29) is 18.2 Å². The largest absolute Gasteiger partial charge is 0.486 e. The summed E-state index contributed by atoms with van der Waals surface area (Å²) in [7, 11) is 1.83. The molecular weight excluding hydrogens is 385 g/mol. The Labute approximate surface area is 172 Å². The van der Waals surface area contributed by atoms with Gasteiger partial charge in [0, 0.05) is 19.4 Å². The van der Waals surface area contributed by atoms with Gasteiger partial charge in [0.1, 0.15) is 35.8 Å². The minimum absolute atomic E-state index is 0.156. The number of benzene rings is 2. The van der Waals surface area contributed by atoms with E-state index in [1.54, 1.807) is 41.2 Å². The molecule has 0 bridgehead atoms. The fourth-order valence-electron chi connectivity index (χ4n) is 3.06. The zero-order valence-corrected chi connectivity index (χ0v) is 16.3. The lowest BCUT2D eigenvalue weighted by Crippen LogP contribution is -2.30. The van der Waals surface area contributed by atoms with Crippen molar-refractivity contribution in [3.05, 3.63) is 108 Å². The van der Waals surface area contributed by atoms with Crippen LogP contribution in [0, 0.1) is 5.82 Å². The van der Waals surface area contributed by atoms with Crippen LogP contribution in [0.25, 0.3) is 0 Å². The lowest BCUT2D eigenvalue weighted by Gasteiger charge is -2.18. The maximum absolute atomic E-state index is 13.4. The van der Waals surface area contributed by atoms with Crippen molar-refractivity contribution in [1.29, 1.82) is 0 Å². The van der Waals surface area contributed by atoms with E-state index in [9.17, 15) is 9.18 Å². The highest BCUT2D eigenvalue weighted by atomic mass is 19.1. The van der Waals surface area contributed by atoms with Gasteiger partial charge in [0.2, 0.25) is 0 Å². The second-order valence-electron chi connectivity index (χ2n) is 6.72. The summed E-state index contributed by atoms with van der Waals surface area (Å²) >= 11 is 0. The predicted octanol–water partition coefficient (Wildman–Crippen LogP) is 4.25. The molecular formula is C23H20FN3O3. The lowest BCUT2D eigenvalue weighted by molar-refractivity contribution is 0.0909. The molecule has 4 aromatic rings. The van der Waals surface area contributed by atoms with E-state index in [0.29, 0.717) is 22.9 Å². The summed E-state index contributed by atoms with van der Waals surface area (Å²) in [6, 6.07) is 18.0. The van der Waals surface area contributed by atoms with E-state index in [4.69, 9.17) is 9.15 Å². The van der Waals surface area contributed by atoms with Gasteiger partial charge in [0.15, 0.2) is 5.76 Å². The fourth-order valence-corrected chi connectivity index (χ4v) is 3.06. The molecule has 6 nitrogen and oxygen atoms in total. The molecule has 0 aliphatic heterocycles. The van der Waals surface area contributed by atoms with Crippen molar-refractivity contribution in [2.45, 2.75) is 12.6 Å². The average molecular weight is 405 g/mol. The van der Waals surface area contributed by atoms with Crippen LogP contribution in [0.15, 0.2) is 83.5 Å². The first-order chi connectivity index (χ1) is 14.6. The Morgan fingerprint density at radius 3 is 2.60 bits per heavy atom. The minimum Gasteiger partial charge on any atom is -0.486 e. The van der Waals surface area contributed by atoms with Gasteiger partial charge in [-0.2, -0.15) is 0 Å². The van der Waals surface area contributed by atoms with Gasteiger partial charge < -0.3 is 19.0 Å². The van der Waals surface area contributed by atoms with E-state index >= 15 is 0 Å². The van der Waals surface area contributed by atoms with Gasteiger partial charge >= 0.3 is 0 Å². The normalized spacial score (nSPS) is 11.8. The number of aromatic nitrogens is 2. The predicted molar refractivity (Wildman–Crippen MR) is 108 cm³/mol. The molecule has 2 heterocycles. The number of imidazole rings is 1. The van der Waals surface area contributed by atoms with Crippen molar-refractivity contribution in [3.8, 4) is 5.75 Å². The van der Waals surface area contributed by atoms with Crippen LogP contribution in [0.5, 0.6) is 5.75 Å². The Kier molecular flexibility index (Phi) is 5.61. The number of nitrogens with zero attached hydrogens (tertiary/aromatic N) is 2. The number of halogens is 1. The Bertz CT molecular complexity index is 1120. The molecule has 0 spiro atoms. The Balaban J connectivity index is 1.49. The highest BCUT2D eigenvalue weighted by Gasteiger charge is 2.23. The first-order valence-corrected chi connectivity index (χ1v) is 9.40. The third-order valence-electron chi connectivity index (χ3n) is 4.61. The van der Waals surface area contributed by atoms with Crippen LogP contribution in [-0.2, 0) is 13.7 Å². The first kappa shape index (κ1) is 19.4. The van der Waals surface area contributed by atoms with Crippen molar-refractivity contribution in [3.63, 3.8) is 0 Å². The van der Waals surface area contributed by atoms with Gasteiger partial charge in [-0.3, -0.25) is 4.79 Å². The molecule has 2 aromatic carbocycles. The quantitative estimate of drug-likeness (QED) is 0.499. The molecule has 0 fully saturated rings. The molecule has 0 saturated heterocycles. The summed E-state index contributed by atoms with van der Waals surface area (Å²) in [6.07, 6.45) is 3.42. The molecule has 1 amide bonds. The summed E-state index contributed by atoms with van der Waals surface area (Å²) in [4.78, 5) is 17.2. The number of hydrogen-bond acceptors (Lipinski definition) is 4. The molecule has 0 aliphatic carbocycles. The van der Waals surface area contributed by atoms with Crippen molar-refractivity contribution in [2.24, 2.45) is 7.05 Å². The maximum atomic E-state index is 13.4. The molecule has 0 unspecified atom stereocenters. The standard InChI is InChI=1S/C23H20FN3O3/c1-27-14-13-25-22(27)21(16-7-9-17(24)10-8-16)26-23(28)20-12-11-19(30-20)15-29-18-5-3-2-4-6-18/h2-14,21H,15H2,1H3,(H,26,28)/t21-/m0/s1. The van der Waals surface area contributed by atoms with Gasteiger partial charge in [-0.15, -0.1) is 0 Å². The highest BCUT2D eigenvalue weighted by Crippen LogP contribution is 2.22. The molecule has 1 N–H and O–H groups in total. The Morgan fingerprint density at radius 2 is 1.90 bits per heavy atom. The molecule has 152 valence electrons. The monoisotopic (exact) mass is 405 g/mol. The number of amides is 1. The van der Waals surface area contributed by atoms with Gasteiger partial charge in [-0.1, -0.05) is 30.3 Å².